The highest BCUT2D eigenvalue weighted by Gasteiger charge is 2.15. The molecule has 1 amide bonds. The number of alkyl carbamates (subject to hydrolysis) is 1. The maximum Gasteiger partial charge on any atom is 0.407 e. The van der Waals surface area contributed by atoms with Gasteiger partial charge in [-0.1, -0.05) is 6.42 Å². The summed E-state index contributed by atoms with van der Waals surface area (Å²) >= 11 is 4.18. The van der Waals surface area contributed by atoms with E-state index in [-0.39, 0.29) is 11.7 Å². The van der Waals surface area contributed by atoms with E-state index in [0.717, 1.165) is 19.3 Å². The third kappa shape index (κ3) is 11.6. The lowest BCUT2D eigenvalue weighted by atomic mass is 10.1. The first-order valence-electron chi connectivity index (χ1n) is 6.07. The summed E-state index contributed by atoms with van der Waals surface area (Å²) in [6.45, 7) is 5.96. The van der Waals surface area contributed by atoms with Crippen LogP contribution in [0.2, 0.25) is 0 Å². The zero-order valence-electron chi connectivity index (χ0n) is 11.2. The zero-order valence-corrected chi connectivity index (χ0v) is 12.1. The van der Waals surface area contributed by atoms with Crippen LogP contribution in [0, 0.1) is 0 Å². The van der Waals surface area contributed by atoms with Crippen molar-refractivity contribution in [2.75, 3.05) is 6.54 Å². The molecule has 1 unspecified atom stereocenters. The Kier molecular flexibility index (Phi) is 7.82. The van der Waals surface area contributed by atoms with Gasteiger partial charge in [-0.05, 0) is 33.6 Å². The highest BCUT2D eigenvalue weighted by Crippen LogP contribution is 2.11. The summed E-state index contributed by atoms with van der Waals surface area (Å²) in [6, 6.07) is 0. The number of nitrogens with one attached hydrogen (secondary N) is 1. The minimum absolute atomic E-state index is 0.0720. The second kappa shape index (κ2) is 8.24. The van der Waals surface area contributed by atoms with Crippen LogP contribution in [0.5, 0.6) is 0 Å². The number of aliphatic carboxylic acids is 1. The van der Waals surface area contributed by atoms with E-state index in [0.29, 0.717) is 6.54 Å². The lowest BCUT2D eigenvalue weighted by molar-refractivity contribution is -0.137. The van der Waals surface area contributed by atoms with Crippen LogP contribution in [-0.4, -0.2) is 34.6 Å². The molecule has 0 saturated carbocycles. The third-order valence-corrected chi connectivity index (χ3v) is 2.48. The lowest BCUT2D eigenvalue weighted by Crippen LogP contribution is -2.33. The van der Waals surface area contributed by atoms with Gasteiger partial charge in [0.1, 0.15) is 5.60 Å². The molecule has 0 aliphatic rings. The predicted molar refractivity (Wildman–Crippen MR) is 73.1 cm³/mol. The average Bonchev–Trinajstić information content (AvgIpc) is 2.12. The molecule has 1 atom stereocenters. The normalized spacial score (nSPS) is 12.9. The lowest BCUT2D eigenvalue weighted by Gasteiger charge is -2.19. The maximum atomic E-state index is 11.3. The summed E-state index contributed by atoms with van der Waals surface area (Å²) in [5.41, 5.74) is -0.484. The summed E-state index contributed by atoms with van der Waals surface area (Å²) in [6.07, 6.45) is 2.00. The zero-order chi connectivity index (χ0) is 14.2. The molecule has 0 fully saturated rings. The van der Waals surface area contributed by atoms with Gasteiger partial charge in [0.25, 0.3) is 0 Å². The number of carbonyl (C=O) groups is 2. The summed E-state index contributed by atoms with van der Waals surface area (Å²) in [5.74, 6) is -0.832. The van der Waals surface area contributed by atoms with Crippen LogP contribution >= 0.6 is 12.6 Å². The van der Waals surface area contributed by atoms with Gasteiger partial charge in [-0.2, -0.15) is 12.6 Å². The number of hydrogen-bond donors (Lipinski definition) is 3. The number of hydrogen-bond acceptors (Lipinski definition) is 4. The molecular weight excluding hydrogens is 254 g/mol. The number of thiol groups is 1. The van der Waals surface area contributed by atoms with Crippen LogP contribution in [0.1, 0.15) is 46.5 Å². The fraction of sp³-hybridized carbons (Fsp3) is 0.833. The average molecular weight is 277 g/mol. The van der Waals surface area contributed by atoms with Gasteiger partial charge >= 0.3 is 12.1 Å². The van der Waals surface area contributed by atoms with Gasteiger partial charge in [0.2, 0.25) is 0 Å². The Bertz CT molecular complexity index is 276. The van der Waals surface area contributed by atoms with E-state index in [9.17, 15) is 9.59 Å². The van der Waals surface area contributed by atoms with Crippen molar-refractivity contribution in [3.8, 4) is 0 Å². The SMILES string of the molecule is CC(C)(C)OC(=O)NCCCCC(S)CC(=O)O. The fourth-order valence-electron chi connectivity index (χ4n) is 1.31. The molecule has 6 heteroatoms. The van der Waals surface area contributed by atoms with E-state index < -0.39 is 17.7 Å². The molecule has 0 aromatic carbocycles. The van der Waals surface area contributed by atoms with Crippen LogP contribution in [0.25, 0.3) is 0 Å². The summed E-state index contributed by atoms with van der Waals surface area (Å²) in [4.78, 5) is 21.7. The predicted octanol–water partition coefficient (Wildman–Crippen LogP) is 2.45. The Labute approximate surface area is 114 Å². The number of carboxylic acid groups (broad SMARTS) is 1. The molecule has 0 aromatic heterocycles. The number of carboxylic acids is 1. The van der Waals surface area contributed by atoms with Gasteiger partial charge in [-0.25, -0.2) is 4.79 Å². The second-order valence-corrected chi connectivity index (χ2v) is 5.91. The van der Waals surface area contributed by atoms with E-state index in [2.05, 4.69) is 17.9 Å². The highest BCUT2D eigenvalue weighted by atomic mass is 32.1. The minimum atomic E-state index is -0.832. The topological polar surface area (TPSA) is 75.6 Å². The molecule has 0 aliphatic carbocycles. The van der Waals surface area contributed by atoms with Crippen LogP contribution in [0.15, 0.2) is 0 Å². The Morgan fingerprint density at radius 1 is 1.33 bits per heavy atom. The Hall–Kier alpha value is -0.910. The smallest absolute Gasteiger partial charge is 0.407 e. The summed E-state index contributed by atoms with van der Waals surface area (Å²) < 4.78 is 5.08. The van der Waals surface area contributed by atoms with Gasteiger partial charge in [0.15, 0.2) is 0 Å². The van der Waals surface area contributed by atoms with Crippen LogP contribution in [0.3, 0.4) is 0 Å². The van der Waals surface area contributed by atoms with Crippen molar-refractivity contribution in [2.24, 2.45) is 0 Å². The first kappa shape index (κ1) is 17.1. The molecule has 0 aliphatic heterocycles. The summed E-state index contributed by atoms with van der Waals surface area (Å²) in [5, 5.41) is 11.1. The molecule has 0 heterocycles. The van der Waals surface area contributed by atoms with Crippen molar-refractivity contribution in [3.63, 3.8) is 0 Å². The van der Waals surface area contributed by atoms with E-state index in [1.165, 1.54) is 0 Å². The molecular formula is C12H23NO4S. The number of amides is 1. The molecule has 0 saturated heterocycles. The standard InChI is InChI=1S/C12H23NO4S/c1-12(2,3)17-11(16)13-7-5-4-6-9(18)8-10(14)15/h9,18H,4-8H2,1-3H3,(H,13,16)(H,14,15). The molecule has 106 valence electrons. The van der Waals surface area contributed by atoms with Crippen LogP contribution in [0.4, 0.5) is 4.79 Å². The third-order valence-electron chi connectivity index (χ3n) is 2.04. The van der Waals surface area contributed by atoms with E-state index in [4.69, 9.17) is 9.84 Å². The van der Waals surface area contributed by atoms with Crippen molar-refractivity contribution >= 4 is 24.7 Å². The maximum absolute atomic E-state index is 11.3. The number of unbranched alkanes of at least 4 members (excludes halogenated alkanes) is 1. The largest absolute Gasteiger partial charge is 0.481 e. The van der Waals surface area contributed by atoms with Crippen molar-refractivity contribution < 1.29 is 19.4 Å². The molecule has 0 radical (unpaired) electrons. The Morgan fingerprint density at radius 2 is 1.94 bits per heavy atom. The fourth-order valence-corrected chi connectivity index (χ4v) is 1.65. The molecule has 0 bridgehead atoms. The van der Waals surface area contributed by atoms with Crippen molar-refractivity contribution in [3.05, 3.63) is 0 Å². The molecule has 0 spiro atoms. The number of carbonyl (C=O) groups excluding carboxylic acids is 1. The van der Waals surface area contributed by atoms with Gasteiger partial charge in [-0.15, -0.1) is 0 Å². The van der Waals surface area contributed by atoms with E-state index >= 15 is 0 Å². The van der Waals surface area contributed by atoms with E-state index in [1.807, 2.05) is 20.8 Å². The Balaban J connectivity index is 3.51. The molecule has 5 nitrogen and oxygen atoms in total. The Morgan fingerprint density at radius 3 is 2.44 bits per heavy atom. The minimum Gasteiger partial charge on any atom is -0.481 e. The summed E-state index contributed by atoms with van der Waals surface area (Å²) in [7, 11) is 0. The van der Waals surface area contributed by atoms with E-state index in [1.54, 1.807) is 0 Å². The van der Waals surface area contributed by atoms with Crippen molar-refractivity contribution in [1.82, 2.24) is 5.32 Å². The first-order valence-corrected chi connectivity index (χ1v) is 6.59. The van der Waals surface area contributed by atoms with Gasteiger partial charge in [0.05, 0.1) is 6.42 Å². The van der Waals surface area contributed by atoms with Crippen LogP contribution < -0.4 is 5.32 Å². The van der Waals surface area contributed by atoms with Crippen molar-refractivity contribution in [2.45, 2.75) is 57.3 Å². The van der Waals surface area contributed by atoms with Crippen molar-refractivity contribution in [1.29, 1.82) is 0 Å². The highest BCUT2D eigenvalue weighted by molar-refractivity contribution is 7.81. The van der Waals surface area contributed by atoms with Crippen LogP contribution in [-0.2, 0) is 9.53 Å². The molecule has 18 heavy (non-hydrogen) atoms. The monoisotopic (exact) mass is 277 g/mol. The number of rotatable bonds is 7. The first-order chi connectivity index (χ1) is 8.20. The quantitative estimate of drug-likeness (QED) is 0.493. The van der Waals surface area contributed by atoms with Gasteiger partial charge in [0, 0.05) is 11.8 Å². The second-order valence-electron chi connectivity index (χ2n) is 5.18. The van der Waals surface area contributed by atoms with Gasteiger partial charge < -0.3 is 15.2 Å². The molecule has 0 aromatic rings. The number of ether oxygens (including phenoxy) is 1. The van der Waals surface area contributed by atoms with Gasteiger partial charge in [-0.3, -0.25) is 4.79 Å². The molecule has 2 N–H and O–H groups in total. The molecule has 0 rings (SSSR count).